The highest BCUT2D eigenvalue weighted by Gasteiger charge is 2.60. The smallest absolute Gasteiger partial charge is 0.337 e. The summed E-state index contributed by atoms with van der Waals surface area (Å²) < 4.78 is 54.7. The first-order chi connectivity index (χ1) is 24.1. The lowest BCUT2D eigenvalue weighted by atomic mass is 9.81. The number of rotatable bonds is 6. The molecule has 15 heteroatoms. The van der Waals surface area contributed by atoms with Gasteiger partial charge in [0.25, 0.3) is 5.91 Å². The first kappa shape index (κ1) is 36.1. The van der Waals surface area contributed by atoms with Crippen LogP contribution in [0.1, 0.15) is 63.6 Å². The van der Waals surface area contributed by atoms with E-state index < -0.39 is 53.7 Å². The van der Waals surface area contributed by atoms with Gasteiger partial charge in [-0.2, -0.15) is 13.2 Å². The number of amidine groups is 1. The van der Waals surface area contributed by atoms with E-state index in [0.717, 1.165) is 16.0 Å². The van der Waals surface area contributed by atoms with Crippen molar-refractivity contribution in [3.8, 4) is 0 Å². The molecule has 3 fully saturated rings. The van der Waals surface area contributed by atoms with Crippen molar-refractivity contribution >= 4 is 57.9 Å². The Balaban J connectivity index is 1.21. The first-order valence-electron chi connectivity index (χ1n) is 17.0. The number of hydrogen-bond acceptors (Lipinski definition) is 6. The number of aliphatic imine (C=N–C) groups is 1. The number of piperazine rings is 1. The van der Waals surface area contributed by atoms with Crippen molar-refractivity contribution < 1.29 is 31.9 Å². The van der Waals surface area contributed by atoms with Crippen LogP contribution in [-0.2, 0) is 19.9 Å². The third-order valence-electron chi connectivity index (χ3n) is 10.8. The van der Waals surface area contributed by atoms with Gasteiger partial charge in [0.05, 0.1) is 17.6 Å². The van der Waals surface area contributed by atoms with Crippen LogP contribution in [0.3, 0.4) is 0 Å². The lowest BCUT2D eigenvalue weighted by Gasteiger charge is -2.43. The Bertz CT molecular complexity index is 1820. The number of hydrogen-bond donors (Lipinski definition) is 0. The highest BCUT2D eigenvalue weighted by molar-refractivity contribution is 8.18. The second kappa shape index (κ2) is 13.0. The summed E-state index contributed by atoms with van der Waals surface area (Å²) in [6, 6.07) is 12.7. The van der Waals surface area contributed by atoms with Crippen molar-refractivity contribution in [1.82, 2.24) is 19.6 Å². The molecule has 0 radical (unpaired) electrons. The minimum atomic E-state index is -5.01. The average Bonchev–Trinajstić information content (AvgIpc) is 3.42. The molecule has 4 atom stereocenters. The highest BCUT2D eigenvalue weighted by Crippen LogP contribution is 2.57. The minimum Gasteiger partial charge on any atom is -0.337 e. The van der Waals surface area contributed by atoms with Gasteiger partial charge in [-0.25, -0.2) is 9.38 Å². The van der Waals surface area contributed by atoms with Crippen LogP contribution >= 0.6 is 35.0 Å². The predicted octanol–water partition coefficient (Wildman–Crippen LogP) is 7.33. The molecule has 4 aliphatic heterocycles. The van der Waals surface area contributed by atoms with Gasteiger partial charge in [-0.15, -0.1) is 0 Å². The summed E-state index contributed by atoms with van der Waals surface area (Å²) in [4.78, 5) is 52.4. The summed E-state index contributed by atoms with van der Waals surface area (Å²) in [5.74, 6) is -3.00. The highest BCUT2D eigenvalue weighted by atomic mass is 35.5. The van der Waals surface area contributed by atoms with Gasteiger partial charge in [0, 0.05) is 35.4 Å². The van der Waals surface area contributed by atoms with Crippen LogP contribution < -0.4 is 0 Å². The number of fused-ring (bicyclic) bond motifs is 1. The maximum absolute atomic E-state index is 14.7. The molecule has 1 spiro atoms. The summed E-state index contributed by atoms with van der Waals surface area (Å²) in [6.45, 7) is 4.70. The van der Waals surface area contributed by atoms with Crippen molar-refractivity contribution in [2.45, 2.75) is 81.8 Å². The molecule has 2 saturated heterocycles. The molecule has 8 nitrogen and oxygen atoms in total. The Kier molecular flexibility index (Phi) is 9.18. The number of benzene rings is 2. The molecule has 1 aliphatic carbocycles. The van der Waals surface area contributed by atoms with Crippen molar-refractivity contribution in [2.24, 2.45) is 10.9 Å². The van der Waals surface area contributed by atoms with Crippen LogP contribution in [-0.4, -0.2) is 92.6 Å². The lowest BCUT2D eigenvalue weighted by molar-refractivity contribution is -0.191. The third kappa shape index (κ3) is 6.10. The normalized spacial score (nSPS) is 27.1. The molecule has 0 N–H and O–H groups in total. The van der Waals surface area contributed by atoms with Gasteiger partial charge in [0.1, 0.15) is 23.2 Å². The molecule has 2 aromatic rings. The van der Waals surface area contributed by atoms with E-state index in [9.17, 15) is 31.9 Å². The van der Waals surface area contributed by atoms with E-state index in [1.165, 1.54) is 21.6 Å². The van der Waals surface area contributed by atoms with Gasteiger partial charge < -0.3 is 19.6 Å². The number of allylic oxidation sites excluding steroid dienone is 1. The van der Waals surface area contributed by atoms with Gasteiger partial charge in [0.2, 0.25) is 5.91 Å². The van der Waals surface area contributed by atoms with Crippen LogP contribution in [0.2, 0.25) is 10.0 Å². The topological polar surface area (TPSA) is 76.5 Å². The fraction of sp³-hybridized carbons (Fsp3) is 0.500. The number of amides is 3. The number of thioether (sulfide) groups is 1. The Morgan fingerprint density at radius 2 is 1.61 bits per heavy atom. The molecule has 51 heavy (non-hydrogen) atoms. The molecule has 0 bridgehead atoms. The molecule has 0 unspecified atom stereocenters. The Morgan fingerprint density at radius 1 is 0.980 bits per heavy atom. The summed E-state index contributed by atoms with van der Waals surface area (Å²) in [5, 5.41) is 1.75. The molecular formula is C36H37Cl2F4N5O3S. The second-order valence-corrected chi connectivity index (χ2v) is 16.2. The molecule has 5 aliphatic rings. The van der Waals surface area contributed by atoms with E-state index in [0.29, 0.717) is 38.7 Å². The number of carbonyl (C=O) groups is 3. The van der Waals surface area contributed by atoms with Gasteiger partial charge in [-0.05, 0) is 85.7 Å². The third-order valence-corrected chi connectivity index (χ3v) is 12.4. The van der Waals surface area contributed by atoms with Gasteiger partial charge in [-0.1, -0.05) is 61.3 Å². The zero-order valence-corrected chi connectivity index (χ0v) is 30.6. The minimum absolute atomic E-state index is 0.0577. The van der Waals surface area contributed by atoms with E-state index in [2.05, 4.69) is 4.90 Å². The number of likely N-dealkylation sites (tertiary alicyclic amines) is 1. The van der Waals surface area contributed by atoms with Crippen molar-refractivity contribution in [3.05, 3.63) is 80.3 Å². The standard InChI is InChI=1S/C36H37Cl2F4N5O3S/c1-20(2)27-28(51-33-43-34(3,22-6-10-24(38)11-7-22)29(47(27)33)21-4-8-23(37)9-5-21)31(49)46-25(18-39)12-13-26(46)30(48)44-16-17-45(32(50)36(40,41)42)35(19-44)14-15-35/h4-11,20,25-26,29H,12-19H2,1-3H3/t25-,26-,29+,34-/m0/s1. The maximum atomic E-state index is 14.7. The second-order valence-electron chi connectivity index (χ2n) is 14.4. The fourth-order valence-corrected chi connectivity index (χ4v) is 9.79. The Morgan fingerprint density at radius 3 is 2.18 bits per heavy atom. The van der Waals surface area contributed by atoms with Crippen LogP contribution in [0, 0.1) is 5.92 Å². The predicted molar refractivity (Wildman–Crippen MR) is 188 cm³/mol. The molecule has 7 rings (SSSR count). The zero-order chi connectivity index (χ0) is 36.6. The maximum Gasteiger partial charge on any atom is 0.471 e. The Labute approximate surface area is 307 Å². The molecular weight excluding hydrogens is 729 g/mol. The van der Waals surface area contributed by atoms with Crippen LogP contribution in [0.5, 0.6) is 0 Å². The van der Waals surface area contributed by atoms with Crippen LogP contribution in [0.25, 0.3) is 0 Å². The van der Waals surface area contributed by atoms with Gasteiger partial charge in [0.15, 0.2) is 5.17 Å². The largest absolute Gasteiger partial charge is 0.471 e. The Hall–Kier alpha value is -3.29. The number of halogens is 6. The van der Waals surface area contributed by atoms with E-state index in [-0.39, 0.29) is 44.4 Å². The van der Waals surface area contributed by atoms with E-state index in [4.69, 9.17) is 28.2 Å². The lowest BCUT2D eigenvalue weighted by Crippen LogP contribution is -2.62. The summed E-state index contributed by atoms with van der Waals surface area (Å²) in [5.41, 5.74) is 0.665. The number of nitrogens with zero attached hydrogens (tertiary/aromatic N) is 5. The van der Waals surface area contributed by atoms with Crippen molar-refractivity contribution in [2.75, 3.05) is 26.3 Å². The van der Waals surface area contributed by atoms with E-state index >= 15 is 0 Å². The SMILES string of the molecule is CC(C)C1=C(C(=O)N2[C@H](CF)CC[C@H]2C(=O)N2CCN(C(=O)C(F)(F)F)C3(CC3)C2)SC2=N[C@@](C)(c3ccc(Cl)cc3)[C@@H](c3ccc(Cl)cc3)N21. The van der Waals surface area contributed by atoms with Crippen molar-refractivity contribution in [3.63, 3.8) is 0 Å². The number of carbonyl (C=O) groups excluding carboxylic acids is 3. The van der Waals surface area contributed by atoms with E-state index in [1.807, 2.05) is 69.3 Å². The number of alkyl halides is 4. The molecule has 0 aromatic heterocycles. The summed E-state index contributed by atoms with van der Waals surface area (Å²) in [7, 11) is 0. The average molecular weight is 767 g/mol. The first-order valence-corrected chi connectivity index (χ1v) is 18.6. The van der Waals surface area contributed by atoms with Crippen LogP contribution in [0.15, 0.2) is 64.1 Å². The molecule has 2 aromatic carbocycles. The fourth-order valence-electron chi connectivity index (χ4n) is 8.18. The molecule has 1 saturated carbocycles. The molecule has 272 valence electrons. The monoisotopic (exact) mass is 765 g/mol. The zero-order valence-electron chi connectivity index (χ0n) is 28.2. The molecule has 3 amide bonds. The summed E-state index contributed by atoms with van der Waals surface area (Å²) >= 11 is 13.7. The van der Waals surface area contributed by atoms with Gasteiger partial charge >= 0.3 is 12.1 Å². The van der Waals surface area contributed by atoms with Crippen LogP contribution in [0.4, 0.5) is 17.6 Å². The quantitative estimate of drug-likeness (QED) is 0.288. The summed E-state index contributed by atoms with van der Waals surface area (Å²) in [6.07, 6.45) is -3.83. The van der Waals surface area contributed by atoms with E-state index in [1.54, 1.807) is 0 Å². The van der Waals surface area contributed by atoms with Crippen molar-refractivity contribution in [1.29, 1.82) is 0 Å². The molecule has 4 heterocycles. The van der Waals surface area contributed by atoms with Gasteiger partial charge in [-0.3, -0.25) is 14.4 Å².